The molecule has 3 rings (SSSR count). The van der Waals surface area contributed by atoms with Gasteiger partial charge >= 0.3 is 0 Å². The molecule has 2 aromatic carbocycles. The van der Waals surface area contributed by atoms with Crippen molar-refractivity contribution in [1.82, 2.24) is 15.3 Å². The lowest BCUT2D eigenvalue weighted by molar-refractivity contribution is 0.0945. The molecule has 112 valence electrons. The highest BCUT2D eigenvalue weighted by atomic mass is 19.1. The van der Waals surface area contributed by atoms with Gasteiger partial charge in [0.25, 0.3) is 5.91 Å². The van der Waals surface area contributed by atoms with Crippen LogP contribution >= 0.6 is 0 Å². The Labute approximate surface area is 126 Å². The van der Waals surface area contributed by atoms with Crippen LogP contribution < -0.4 is 11.1 Å². The molecule has 5 nitrogen and oxygen atoms in total. The van der Waals surface area contributed by atoms with E-state index in [4.69, 9.17) is 5.73 Å². The SMILES string of the molecule is NCCNC(=O)c1nc2ccc(-c3ccc(F)cc3)cc2[nH]1. The van der Waals surface area contributed by atoms with E-state index in [0.717, 1.165) is 16.6 Å². The van der Waals surface area contributed by atoms with Crippen molar-refractivity contribution in [3.05, 3.63) is 54.1 Å². The first-order chi connectivity index (χ1) is 10.7. The van der Waals surface area contributed by atoms with Gasteiger partial charge in [0.1, 0.15) is 5.82 Å². The number of H-pyrrole nitrogens is 1. The van der Waals surface area contributed by atoms with Crippen LogP contribution in [0.3, 0.4) is 0 Å². The summed E-state index contributed by atoms with van der Waals surface area (Å²) in [6, 6.07) is 11.8. The van der Waals surface area contributed by atoms with Gasteiger partial charge in [-0.15, -0.1) is 0 Å². The van der Waals surface area contributed by atoms with Crippen LogP contribution in [0, 0.1) is 5.82 Å². The molecule has 0 aliphatic rings. The van der Waals surface area contributed by atoms with Crippen LogP contribution in [0.25, 0.3) is 22.2 Å². The molecule has 0 radical (unpaired) electrons. The number of carbonyl (C=O) groups is 1. The quantitative estimate of drug-likeness (QED) is 0.689. The number of rotatable bonds is 4. The molecule has 1 aromatic heterocycles. The summed E-state index contributed by atoms with van der Waals surface area (Å²) in [4.78, 5) is 19.1. The predicted octanol–water partition coefficient (Wildman–Crippen LogP) is 2.06. The number of carbonyl (C=O) groups excluding carboxylic acids is 1. The first-order valence-corrected chi connectivity index (χ1v) is 6.91. The Morgan fingerprint density at radius 2 is 1.91 bits per heavy atom. The van der Waals surface area contributed by atoms with Gasteiger partial charge < -0.3 is 16.0 Å². The van der Waals surface area contributed by atoms with Gasteiger partial charge in [-0.1, -0.05) is 18.2 Å². The highest BCUT2D eigenvalue weighted by molar-refractivity contribution is 5.94. The summed E-state index contributed by atoms with van der Waals surface area (Å²) in [6.45, 7) is 0.775. The first kappa shape index (κ1) is 14.2. The molecule has 0 fully saturated rings. The smallest absolute Gasteiger partial charge is 0.287 e. The molecule has 0 saturated heterocycles. The Kier molecular flexibility index (Phi) is 3.84. The van der Waals surface area contributed by atoms with Gasteiger partial charge in [0, 0.05) is 13.1 Å². The fraction of sp³-hybridized carbons (Fsp3) is 0.125. The predicted molar refractivity (Wildman–Crippen MR) is 82.9 cm³/mol. The van der Waals surface area contributed by atoms with Crippen LogP contribution in [0.5, 0.6) is 0 Å². The van der Waals surface area contributed by atoms with Gasteiger partial charge in [-0.2, -0.15) is 0 Å². The Balaban J connectivity index is 1.93. The number of hydrogen-bond acceptors (Lipinski definition) is 3. The second kappa shape index (κ2) is 5.95. The van der Waals surface area contributed by atoms with Crippen LogP contribution in [0.1, 0.15) is 10.6 Å². The van der Waals surface area contributed by atoms with Crippen molar-refractivity contribution in [3.63, 3.8) is 0 Å². The lowest BCUT2D eigenvalue weighted by atomic mass is 10.1. The summed E-state index contributed by atoms with van der Waals surface area (Å²) in [7, 11) is 0. The maximum atomic E-state index is 13.0. The zero-order chi connectivity index (χ0) is 15.5. The lowest BCUT2D eigenvalue weighted by Crippen LogP contribution is -2.29. The molecule has 0 unspecified atom stereocenters. The number of benzene rings is 2. The number of hydrogen-bond donors (Lipinski definition) is 3. The van der Waals surface area contributed by atoms with Crippen molar-refractivity contribution in [1.29, 1.82) is 0 Å². The van der Waals surface area contributed by atoms with Gasteiger partial charge in [-0.3, -0.25) is 4.79 Å². The molecule has 22 heavy (non-hydrogen) atoms. The molecule has 6 heteroatoms. The summed E-state index contributed by atoms with van der Waals surface area (Å²) in [5, 5.41) is 2.66. The van der Waals surface area contributed by atoms with E-state index < -0.39 is 0 Å². The number of nitrogens with one attached hydrogen (secondary N) is 2. The largest absolute Gasteiger partial charge is 0.348 e. The van der Waals surface area contributed by atoms with Gasteiger partial charge in [0.15, 0.2) is 5.82 Å². The summed E-state index contributed by atoms with van der Waals surface area (Å²) < 4.78 is 13.0. The average Bonchev–Trinajstić information content (AvgIpc) is 2.96. The number of halogens is 1. The van der Waals surface area contributed by atoms with E-state index in [-0.39, 0.29) is 17.5 Å². The minimum absolute atomic E-state index is 0.250. The molecule has 0 spiro atoms. The van der Waals surface area contributed by atoms with Gasteiger partial charge in [0.2, 0.25) is 0 Å². The van der Waals surface area contributed by atoms with Crippen LogP contribution in [0.15, 0.2) is 42.5 Å². The topological polar surface area (TPSA) is 83.8 Å². The van der Waals surface area contributed by atoms with Crippen molar-refractivity contribution < 1.29 is 9.18 Å². The molecular formula is C16H15FN4O. The molecule has 4 N–H and O–H groups in total. The minimum atomic E-state index is -0.287. The number of aromatic amines is 1. The number of aromatic nitrogens is 2. The van der Waals surface area contributed by atoms with E-state index in [1.165, 1.54) is 12.1 Å². The standard InChI is InChI=1S/C16H15FN4O/c17-12-4-1-10(2-5-12)11-3-6-13-14(9-11)21-15(20-13)16(22)19-8-7-18/h1-6,9H,7-8,18H2,(H,19,22)(H,20,21). The summed E-state index contributed by atoms with van der Waals surface area (Å²) in [5.74, 6) is -0.310. The van der Waals surface area contributed by atoms with Crippen molar-refractivity contribution >= 4 is 16.9 Å². The zero-order valence-electron chi connectivity index (χ0n) is 11.8. The van der Waals surface area contributed by atoms with Crippen LogP contribution in [-0.4, -0.2) is 29.0 Å². The third-order valence-corrected chi connectivity index (χ3v) is 3.30. The Morgan fingerprint density at radius 1 is 1.18 bits per heavy atom. The highest BCUT2D eigenvalue weighted by Crippen LogP contribution is 2.23. The zero-order valence-corrected chi connectivity index (χ0v) is 11.8. The third kappa shape index (κ3) is 2.82. The Bertz CT molecular complexity index is 811. The second-order valence-corrected chi connectivity index (χ2v) is 4.87. The average molecular weight is 298 g/mol. The van der Waals surface area contributed by atoms with Crippen molar-refractivity contribution in [3.8, 4) is 11.1 Å². The summed E-state index contributed by atoms with van der Waals surface area (Å²) in [5.41, 5.74) is 8.62. The number of amides is 1. The Morgan fingerprint density at radius 3 is 2.64 bits per heavy atom. The number of imidazole rings is 1. The molecule has 0 aliphatic heterocycles. The van der Waals surface area contributed by atoms with Gasteiger partial charge in [-0.05, 0) is 35.4 Å². The van der Waals surface area contributed by atoms with Crippen molar-refractivity contribution in [2.24, 2.45) is 5.73 Å². The molecule has 3 aromatic rings. The van der Waals surface area contributed by atoms with Crippen molar-refractivity contribution in [2.45, 2.75) is 0 Å². The summed E-state index contributed by atoms with van der Waals surface area (Å²) >= 11 is 0. The molecule has 0 bridgehead atoms. The molecule has 0 atom stereocenters. The minimum Gasteiger partial charge on any atom is -0.348 e. The normalized spacial score (nSPS) is 10.8. The lowest BCUT2D eigenvalue weighted by Gasteiger charge is -2.01. The summed E-state index contributed by atoms with van der Waals surface area (Å²) in [6.07, 6.45) is 0. The third-order valence-electron chi connectivity index (χ3n) is 3.30. The maximum absolute atomic E-state index is 13.0. The van der Waals surface area contributed by atoms with E-state index in [1.807, 2.05) is 18.2 Å². The molecule has 1 heterocycles. The number of fused-ring (bicyclic) bond motifs is 1. The van der Waals surface area contributed by atoms with Crippen molar-refractivity contribution in [2.75, 3.05) is 13.1 Å². The van der Waals surface area contributed by atoms with E-state index in [0.29, 0.717) is 18.6 Å². The van der Waals surface area contributed by atoms with Gasteiger partial charge in [0.05, 0.1) is 11.0 Å². The molecular weight excluding hydrogens is 283 g/mol. The number of nitrogens with two attached hydrogens (primary N) is 1. The Hall–Kier alpha value is -2.73. The fourth-order valence-electron chi connectivity index (χ4n) is 2.21. The van der Waals surface area contributed by atoms with E-state index in [9.17, 15) is 9.18 Å². The molecule has 0 saturated carbocycles. The maximum Gasteiger partial charge on any atom is 0.287 e. The second-order valence-electron chi connectivity index (χ2n) is 4.87. The van der Waals surface area contributed by atoms with Crippen LogP contribution in [0.4, 0.5) is 4.39 Å². The van der Waals surface area contributed by atoms with E-state index in [2.05, 4.69) is 15.3 Å². The monoisotopic (exact) mass is 298 g/mol. The fourth-order valence-corrected chi connectivity index (χ4v) is 2.21. The van der Waals surface area contributed by atoms with E-state index >= 15 is 0 Å². The van der Waals surface area contributed by atoms with E-state index in [1.54, 1.807) is 12.1 Å². The first-order valence-electron chi connectivity index (χ1n) is 6.91. The molecule has 1 amide bonds. The number of nitrogens with zero attached hydrogens (tertiary/aromatic N) is 1. The van der Waals surface area contributed by atoms with Gasteiger partial charge in [-0.25, -0.2) is 9.37 Å². The van der Waals surface area contributed by atoms with Crippen LogP contribution in [-0.2, 0) is 0 Å². The molecule has 0 aliphatic carbocycles. The highest BCUT2D eigenvalue weighted by Gasteiger charge is 2.11. The van der Waals surface area contributed by atoms with Crippen LogP contribution in [0.2, 0.25) is 0 Å².